The van der Waals surface area contributed by atoms with Crippen molar-refractivity contribution in [1.82, 2.24) is 14.5 Å². The van der Waals surface area contributed by atoms with Crippen LogP contribution < -0.4 is 4.74 Å². The average Bonchev–Trinajstić information content (AvgIpc) is 3.20. The molecular weight excluding hydrogens is 362 g/mol. The van der Waals surface area contributed by atoms with Crippen molar-refractivity contribution in [3.05, 3.63) is 59.9 Å². The predicted molar refractivity (Wildman–Crippen MR) is 116 cm³/mol. The summed E-state index contributed by atoms with van der Waals surface area (Å²) in [6.45, 7) is 5.22. The number of aromatic hydroxyl groups is 1. The third kappa shape index (κ3) is 4.73. The lowest BCUT2D eigenvalue weighted by Crippen LogP contribution is -2.40. The quantitative estimate of drug-likeness (QED) is 0.545. The van der Waals surface area contributed by atoms with E-state index in [-0.39, 0.29) is 0 Å². The number of phenols is 1. The number of benzene rings is 1. The van der Waals surface area contributed by atoms with E-state index in [4.69, 9.17) is 4.74 Å². The summed E-state index contributed by atoms with van der Waals surface area (Å²) >= 11 is 0. The van der Waals surface area contributed by atoms with Crippen LogP contribution in [-0.4, -0.2) is 45.4 Å². The van der Waals surface area contributed by atoms with Gasteiger partial charge < -0.3 is 14.7 Å². The van der Waals surface area contributed by atoms with Crippen LogP contribution in [0.15, 0.2) is 48.8 Å². The smallest absolute Gasteiger partial charge is 0.137 e. The first-order valence-electron chi connectivity index (χ1n) is 10.8. The third-order valence-corrected chi connectivity index (χ3v) is 5.94. The van der Waals surface area contributed by atoms with Crippen LogP contribution in [0.25, 0.3) is 5.52 Å². The predicted octanol–water partition coefficient (Wildman–Crippen LogP) is 4.47. The lowest BCUT2D eigenvalue weighted by molar-refractivity contribution is 0.171. The van der Waals surface area contributed by atoms with Crippen LogP contribution in [0.2, 0.25) is 0 Å². The van der Waals surface area contributed by atoms with Gasteiger partial charge in [-0.1, -0.05) is 19.1 Å². The maximum absolute atomic E-state index is 10.1. The molecule has 0 saturated heterocycles. The highest BCUT2D eigenvalue weighted by Crippen LogP contribution is 2.30. The number of fused-ring (bicyclic) bond motifs is 2. The lowest BCUT2D eigenvalue weighted by atomic mass is 9.86. The molecule has 1 aliphatic rings. The van der Waals surface area contributed by atoms with Crippen LogP contribution in [0.3, 0.4) is 0 Å². The van der Waals surface area contributed by atoms with Crippen LogP contribution in [0.4, 0.5) is 0 Å². The zero-order chi connectivity index (χ0) is 20.1. The molecule has 2 aromatic heterocycles. The van der Waals surface area contributed by atoms with E-state index in [1.54, 1.807) is 6.20 Å². The molecule has 1 N–H and O–H groups in total. The normalized spacial score (nSPS) is 16.3. The number of ether oxygens (including phenoxy) is 1. The Hall–Kier alpha value is -2.53. The van der Waals surface area contributed by atoms with Crippen LogP contribution in [0, 0.1) is 0 Å². The SMILES string of the molecule is CCCN(CCCCOc1ccc2ccnn2c1)[C@H]1CCc2c(O)cccc2C1. The number of nitrogens with zero attached hydrogens (tertiary/aromatic N) is 3. The number of aromatic nitrogens is 2. The van der Waals surface area contributed by atoms with Crippen molar-refractivity contribution in [2.24, 2.45) is 0 Å². The van der Waals surface area contributed by atoms with Crippen molar-refractivity contribution in [3.8, 4) is 11.5 Å². The summed E-state index contributed by atoms with van der Waals surface area (Å²) in [7, 11) is 0. The van der Waals surface area contributed by atoms with E-state index in [2.05, 4.69) is 23.0 Å². The Morgan fingerprint density at radius 3 is 3.00 bits per heavy atom. The average molecular weight is 394 g/mol. The molecule has 4 rings (SSSR count). The van der Waals surface area contributed by atoms with E-state index in [9.17, 15) is 5.11 Å². The molecule has 0 aliphatic heterocycles. The Balaban J connectivity index is 1.25. The Kier molecular flexibility index (Phi) is 6.35. The molecule has 0 unspecified atom stereocenters. The molecule has 154 valence electrons. The molecule has 5 heteroatoms. The van der Waals surface area contributed by atoms with Gasteiger partial charge in [0.2, 0.25) is 0 Å². The molecule has 0 bridgehead atoms. The second kappa shape index (κ2) is 9.31. The van der Waals surface area contributed by atoms with Crippen LogP contribution >= 0.6 is 0 Å². The first-order valence-corrected chi connectivity index (χ1v) is 10.8. The minimum atomic E-state index is 0.466. The fourth-order valence-electron chi connectivity index (χ4n) is 4.43. The zero-order valence-electron chi connectivity index (χ0n) is 17.3. The van der Waals surface area contributed by atoms with Crippen molar-refractivity contribution in [2.75, 3.05) is 19.7 Å². The van der Waals surface area contributed by atoms with Gasteiger partial charge >= 0.3 is 0 Å². The Labute approximate surface area is 172 Å². The molecule has 0 radical (unpaired) electrons. The number of hydrogen-bond donors (Lipinski definition) is 1. The van der Waals surface area contributed by atoms with Crippen molar-refractivity contribution < 1.29 is 9.84 Å². The van der Waals surface area contributed by atoms with Gasteiger partial charge in [-0.05, 0) is 87.0 Å². The largest absolute Gasteiger partial charge is 0.508 e. The summed E-state index contributed by atoms with van der Waals surface area (Å²) < 4.78 is 7.77. The molecule has 29 heavy (non-hydrogen) atoms. The van der Waals surface area contributed by atoms with Crippen molar-refractivity contribution in [3.63, 3.8) is 0 Å². The van der Waals surface area contributed by atoms with Gasteiger partial charge in [-0.25, -0.2) is 4.52 Å². The van der Waals surface area contributed by atoms with E-state index in [1.807, 2.05) is 41.0 Å². The molecule has 0 spiro atoms. The van der Waals surface area contributed by atoms with E-state index in [0.29, 0.717) is 11.8 Å². The van der Waals surface area contributed by atoms with E-state index >= 15 is 0 Å². The molecule has 5 nitrogen and oxygen atoms in total. The maximum atomic E-state index is 10.1. The van der Waals surface area contributed by atoms with Crippen LogP contribution in [-0.2, 0) is 12.8 Å². The summed E-state index contributed by atoms with van der Waals surface area (Å²) in [6, 6.07) is 12.6. The van der Waals surface area contributed by atoms with Crippen molar-refractivity contribution in [1.29, 1.82) is 0 Å². The molecule has 1 aromatic carbocycles. The topological polar surface area (TPSA) is 50.0 Å². The number of hydrogen-bond acceptors (Lipinski definition) is 4. The molecular formula is C24H31N3O2. The molecule has 3 aromatic rings. The second-order valence-electron chi connectivity index (χ2n) is 7.97. The van der Waals surface area contributed by atoms with Gasteiger partial charge in [0.25, 0.3) is 0 Å². The highest BCUT2D eigenvalue weighted by atomic mass is 16.5. The van der Waals surface area contributed by atoms with Gasteiger partial charge in [0.1, 0.15) is 11.5 Å². The van der Waals surface area contributed by atoms with Gasteiger partial charge in [-0.3, -0.25) is 0 Å². The highest BCUT2D eigenvalue weighted by Gasteiger charge is 2.24. The number of unbranched alkanes of at least 4 members (excludes halogenated alkanes) is 1. The minimum absolute atomic E-state index is 0.466. The number of pyridine rings is 1. The molecule has 0 fully saturated rings. The summed E-state index contributed by atoms with van der Waals surface area (Å²) in [5.41, 5.74) is 3.55. The van der Waals surface area contributed by atoms with E-state index in [1.165, 1.54) is 12.0 Å². The van der Waals surface area contributed by atoms with Gasteiger partial charge in [-0.15, -0.1) is 0 Å². The first-order chi connectivity index (χ1) is 14.2. The lowest BCUT2D eigenvalue weighted by Gasteiger charge is -2.35. The molecule has 0 saturated carbocycles. The third-order valence-electron chi connectivity index (χ3n) is 5.94. The molecule has 2 heterocycles. The minimum Gasteiger partial charge on any atom is -0.508 e. The number of phenolic OH excluding ortho intramolecular Hbond substituents is 1. The second-order valence-corrected chi connectivity index (χ2v) is 7.97. The zero-order valence-corrected chi connectivity index (χ0v) is 17.3. The monoisotopic (exact) mass is 393 g/mol. The van der Waals surface area contributed by atoms with Crippen molar-refractivity contribution in [2.45, 2.75) is 51.5 Å². The van der Waals surface area contributed by atoms with E-state index < -0.39 is 0 Å². The molecule has 1 atom stereocenters. The van der Waals surface area contributed by atoms with Crippen LogP contribution in [0.1, 0.15) is 43.7 Å². The fraction of sp³-hybridized carbons (Fsp3) is 0.458. The van der Waals surface area contributed by atoms with Gasteiger partial charge in [0.15, 0.2) is 0 Å². The van der Waals surface area contributed by atoms with Gasteiger partial charge in [0, 0.05) is 12.2 Å². The standard InChI is InChI=1S/C24H31N3O2/c1-2-14-26(21-9-11-23-19(17-21)6-5-7-24(23)28)15-3-4-16-29-22-10-8-20-12-13-25-27(20)18-22/h5-8,10,12-13,18,21,28H,2-4,9,11,14-17H2,1H3/t21-/m0/s1. The van der Waals surface area contributed by atoms with Gasteiger partial charge in [0.05, 0.1) is 18.3 Å². The van der Waals surface area contributed by atoms with Crippen LogP contribution in [0.5, 0.6) is 11.5 Å². The first kappa shape index (κ1) is 19.8. The summed E-state index contributed by atoms with van der Waals surface area (Å²) in [5, 5.41) is 14.3. The summed E-state index contributed by atoms with van der Waals surface area (Å²) in [6.07, 6.45) is 10.2. The highest BCUT2D eigenvalue weighted by molar-refractivity contribution is 5.47. The summed E-state index contributed by atoms with van der Waals surface area (Å²) in [5.74, 6) is 1.34. The number of rotatable bonds is 9. The summed E-state index contributed by atoms with van der Waals surface area (Å²) in [4.78, 5) is 2.64. The Morgan fingerprint density at radius 2 is 2.10 bits per heavy atom. The maximum Gasteiger partial charge on any atom is 0.137 e. The molecule has 1 aliphatic carbocycles. The van der Waals surface area contributed by atoms with Gasteiger partial charge in [-0.2, -0.15) is 5.10 Å². The Morgan fingerprint density at radius 1 is 1.17 bits per heavy atom. The molecule has 0 amide bonds. The fourth-order valence-corrected chi connectivity index (χ4v) is 4.43. The Bertz CT molecular complexity index is 937. The van der Waals surface area contributed by atoms with Crippen molar-refractivity contribution >= 4 is 5.52 Å². The van der Waals surface area contributed by atoms with E-state index in [0.717, 1.165) is 68.6 Å².